The van der Waals surface area contributed by atoms with Crippen LogP contribution >= 0.6 is 22.9 Å². The number of aromatic nitrogens is 2. The van der Waals surface area contributed by atoms with Gasteiger partial charge in [-0.3, -0.25) is 14.9 Å². The summed E-state index contributed by atoms with van der Waals surface area (Å²) >= 11 is 7.17. The molecule has 0 radical (unpaired) electrons. The van der Waals surface area contributed by atoms with Crippen molar-refractivity contribution in [2.75, 3.05) is 12.4 Å². The highest BCUT2D eigenvalue weighted by Crippen LogP contribution is 2.29. The van der Waals surface area contributed by atoms with Crippen molar-refractivity contribution < 1.29 is 23.9 Å². The number of anilines is 1. The molecule has 186 valence electrons. The fraction of sp³-hybridized carbons (Fsp3) is 0.0400. The maximum atomic E-state index is 12.4. The third kappa shape index (κ3) is 6.54. The van der Waals surface area contributed by atoms with E-state index in [1.165, 1.54) is 25.5 Å². The minimum Gasteiger partial charge on any atom is -0.493 e. The van der Waals surface area contributed by atoms with Crippen LogP contribution in [0, 0.1) is 0 Å². The molecule has 0 saturated carbocycles. The summed E-state index contributed by atoms with van der Waals surface area (Å²) in [5, 5.41) is 15.1. The highest BCUT2D eigenvalue weighted by molar-refractivity contribution is 7.18. The summed E-state index contributed by atoms with van der Waals surface area (Å²) in [5.74, 6) is -2.17. The van der Waals surface area contributed by atoms with E-state index in [2.05, 4.69) is 26.0 Å². The summed E-state index contributed by atoms with van der Waals surface area (Å²) in [4.78, 5) is 36.7. The van der Waals surface area contributed by atoms with Crippen molar-refractivity contribution in [1.29, 1.82) is 0 Å². The maximum absolute atomic E-state index is 12.4. The summed E-state index contributed by atoms with van der Waals surface area (Å²) < 4.78 is 10.7. The zero-order chi connectivity index (χ0) is 26.2. The lowest BCUT2D eigenvalue weighted by Gasteiger charge is -2.10. The molecular weight excluding hydrogens is 518 g/mol. The summed E-state index contributed by atoms with van der Waals surface area (Å²) in [7, 11) is 1.41. The Balaban J connectivity index is 1.34. The van der Waals surface area contributed by atoms with Gasteiger partial charge in [0, 0.05) is 5.56 Å². The fourth-order valence-corrected chi connectivity index (χ4v) is 3.93. The predicted molar refractivity (Wildman–Crippen MR) is 139 cm³/mol. The van der Waals surface area contributed by atoms with Gasteiger partial charge in [-0.2, -0.15) is 5.10 Å². The number of rotatable bonds is 7. The van der Waals surface area contributed by atoms with Crippen LogP contribution in [0.4, 0.5) is 5.13 Å². The van der Waals surface area contributed by atoms with E-state index in [9.17, 15) is 14.4 Å². The molecular formula is C25H18ClN5O5S. The minimum absolute atomic E-state index is 0.167. The van der Waals surface area contributed by atoms with Gasteiger partial charge in [0.2, 0.25) is 5.13 Å². The number of esters is 1. The number of carbonyl (C=O) groups excluding carboxylic acids is 3. The van der Waals surface area contributed by atoms with Crippen LogP contribution in [0.2, 0.25) is 5.02 Å². The molecule has 0 fully saturated rings. The van der Waals surface area contributed by atoms with Crippen LogP contribution < -0.4 is 20.2 Å². The Hall–Kier alpha value is -4.61. The third-order valence-electron chi connectivity index (χ3n) is 4.74. The minimum atomic E-state index is -0.995. The van der Waals surface area contributed by atoms with Gasteiger partial charge in [-0.05, 0) is 35.9 Å². The molecule has 0 unspecified atom stereocenters. The Morgan fingerprint density at radius 2 is 1.70 bits per heavy atom. The first-order valence-electron chi connectivity index (χ1n) is 10.6. The van der Waals surface area contributed by atoms with Crippen LogP contribution in [0.5, 0.6) is 11.5 Å². The molecule has 1 heterocycles. The zero-order valence-electron chi connectivity index (χ0n) is 19.2. The summed E-state index contributed by atoms with van der Waals surface area (Å²) in [6.45, 7) is 0. The second-order valence-electron chi connectivity index (χ2n) is 7.21. The quantitative estimate of drug-likeness (QED) is 0.119. The number of hydrogen-bond donors (Lipinski definition) is 2. The smallest absolute Gasteiger partial charge is 0.345 e. The predicted octanol–water partition coefficient (Wildman–Crippen LogP) is 4.18. The van der Waals surface area contributed by atoms with Gasteiger partial charge in [-0.1, -0.05) is 65.4 Å². The Kier molecular flexibility index (Phi) is 8.18. The molecule has 2 amide bonds. The molecule has 0 atom stereocenters. The number of hydrazone groups is 1. The van der Waals surface area contributed by atoms with E-state index in [4.69, 9.17) is 21.1 Å². The lowest BCUT2D eigenvalue weighted by Crippen LogP contribution is -2.32. The normalized spacial score (nSPS) is 10.6. The number of benzene rings is 3. The molecule has 4 rings (SSSR count). The molecule has 3 aromatic carbocycles. The molecule has 12 heteroatoms. The molecule has 0 bridgehead atoms. The third-order valence-corrected chi connectivity index (χ3v) is 5.95. The molecule has 0 aliphatic rings. The van der Waals surface area contributed by atoms with Gasteiger partial charge in [-0.25, -0.2) is 10.2 Å². The van der Waals surface area contributed by atoms with Gasteiger partial charge in [-0.15, -0.1) is 10.2 Å². The van der Waals surface area contributed by atoms with Gasteiger partial charge < -0.3 is 9.47 Å². The van der Waals surface area contributed by atoms with Crippen molar-refractivity contribution >= 4 is 52.1 Å². The summed E-state index contributed by atoms with van der Waals surface area (Å²) in [5.41, 5.74) is 3.70. The van der Waals surface area contributed by atoms with E-state index in [1.807, 2.05) is 30.3 Å². The lowest BCUT2D eigenvalue weighted by atomic mass is 10.2. The monoisotopic (exact) mass is 535 g/mol. The maximum Gasteiger partial charge on any atom is 0.345 e. The molecule has 2 N–H and O–H groups in total. The highest BCUT2D eigenvalue weighted by Gasteiger charge is 2.17. The molecule has 4 aromatic rings. The SMILES string of the molecule is COc1cc(/C=N/NC(=O)C(=O)Nc2nnc(-c3ccccc3)s2)ccc1OC(=O)c1ccccc1Cl. The molecule has 0 aliphatic carbocycles. The number of hydrogen-bond acceptors (Lipinski definition) is 9. The van der Waals surface area contributed by atoms with E-state index in [-0.39, 0.29) is 27.2 Å². The Labute approximate surface area is 219 Å². The highest BCUT2D eigenvalue weighted by atomic mass is 35.5. The van der Waals surface area contributed by atoms with Crippen LogP contribution in [-0.4, -0.2) is 41.3 Å². The lowest BCUT2D eigenvalue weighted by molar-refractivity contribution is -0.136. The Morgan fingerprint density at radius 3 is 2.46 bits per heavy atom. The van der Waals surface area contributed by atoms with E-state index in [0.717, 1.165) is 16.9 Å². The number of methoxy groups -OCH3 is 1. The summed E-state index contributed by atoms with van der Waals surface area (Å²) in [6.07, 6.45) is 1.30. The number of halogens is 1. The van der Waals surface area contributed by atoms with E-state index >= 15 is 0 Å². The number of nitrogens with zero attached hydrogens (tertiary/aromatic N) is 3. The van der Waals surface area contributed by atoms with Crippen LogP contribution in [0.15, 0.2) is 77.9 Å². The Bertz CT molecular complexity index is 1480. The van der Waals surface area contributed by atoms with Crippen LogP contribution in [-0.2, 0) is 9.59 Å². The summed E-state index contributed by atoms with van der Waals surface area (Å²) in [6, 6.07) is 20.4. The van der Waals surface area contributed by atoms with Gasteiger partial charge in [0.25, 0.3) is 0 Å². The van der Waals surface area contributed by atoms with Crippen LogP contribution in [0.3, 0.4) is 0 Å². The van der Waals surface area contributed by atoms with Crippen LogP contribution in [0.25, 0.3) is 10.6 Å². The molecule has 37 heavy (non-hydrogen) atoms. The van der Waals surface area contributed by atoms with Crippen molar-refractivity contribution in [3.8, 4) is 22.1 Å². The molecule has 10 nitrogen and oxygen atoms in total. The molecule has 0 spiro atoms. The van der Waals surface area contributed by atoms with E-state index in [0.29, 0.717) is 10.6 Å². The second kappa shape index (κ2) is 11.9. The largest absolute Gasteiger partial charge is 0.493 e. The topological polar surface area (TPSA) is 132 Å². The van der Waals surface area contributed by atoms with Gasteiger partial charge >= 0.3 is 17.8 Å². The van der Waals surface area contributed by atoms with Crippen molar-refractivity contribution in [2.24, 2.45) is 5.10 Å². The van der Waals surface area contributed by atoms with Crippen molar-refractivity contribution in [3.05, 3.63) is 88.9 Å². The Morgan fingerprint density at radius 1 is 0.946 bits per heavy atom. The fourth-order valence-electron chi connectivity index (χ4n) is 2.97. The van der Waals surface area contributed by atoms with E-state index < -0.39 is 17.8 Å². The molecule has 0 saturated heterocycles. The number of nitrogens with one attached hydrogen (secondary N) is 2. The zero-order valence-corrected chi connectivity index (χ0v) is 20.7. The standard InChI is InChI=1S/C25H18ClN5O5S/c1-35-20-13-15(11-12-19(20)36-24(34)17-9-5-6-10-18(17)26)14-27-29-22(33)21(32)28-25-31-30-23(37-25)16-7-3-2-4-8-16/h2-14H,1H3,(H,29,33)(H,28,31,32)/b27-14+. The second-order valence-corrected chi connectivity index (χ2v) is 8.60. The molecule has 0 aliphatic heterocycles. The van der Waals surface area contributed by atoms with Crippen molar-refractivity contribution in [2.45, 2.75) is 0 Å². The van der Waals surface area contributed by atoms with Gasteiger partial charge in [0.1, 0.15) is 5.01 Å². The van der Waals surface area contributed by atoms with Crippen molar-refractivity contribution in [1.82, 2.24) is 15.6 Å². The van der Waals surface area contributed by atoms with E-state index in [1.54, 1.807) is 30.3 Å². The average Bonchev–Trinajstić information content (AvgIpc) is 3.38. The molecule has 1 aromatic heterocycles. The van der Waals surface area contributed by atoms with Gasteiger partial charge in [0.05, 0.1) is 23.9 Å². The number of ether oxygens (including phenoxy) is 2. The first-order chi connectivity index (χ1) is 17.9. The average molecular weight is 536 g/mol. The number of carbonyl (C=O) groups is 3. The van der Waals surface area contributed by atoms with Gasteiger partial charge in [0.15, 0.2) is 11.5 Å². The number of amides is 2. The van der Waals surface area contributed by atoms with Crippen molar-refractivity contribution in [3.63, 3.8) is 0 Å². The van der Waals surface area contributed by atoms with Crippen LogP contribution in [0.1, 0.15) is 15.9 Å². The first kappa shape index (κ1) is 25.5. The first-order valence-corrected chi connectivity index (χ1v) is 11.8.